The summed E-state index contributed by atoms with van der Waals surface area (Å²) in [6.45, 7) is 16.1. The molecule has 0 bridgehead atoms. The highest BCUT2D eigenvalue weighted by Crippen LogP contribution is 2.36. The van der Waals surface area contributed by atoms with Gasteiger partial charge in [-0.15, -0.1) is 5.11 Å². The van der Waals surface area contributed by atoms with Gasteiger partial charge in [-0.3, -0.25) is 15.2 Å². The van der Waals surface area contributed by atoms with Crippen molar-refractivity contribution in [2.24, 2.45) is 17.3 Å². The molecule has 0 aliphatic heterocycles. The van der Waals surface area contributed by atoms with Gasteiger partial charge in [-0.1, -0.05) is 59.7 Å². The Morgan fingerprint density at radius 3 is 2.14 bits per heavy atom. The summed E-state index contributed by atoms with van der Waals surface area (Å²) in [5.41, 5.74) is 12.5. The number of nitrogens with zero attached hydrogens (tertiary/aromatic N) is 5. The van der Waals surface area contributed by atoms with Crippen molar-refractivity contribution in [3.05, 3.63) is 47.3 Å². The van der Waals surface area contributed by atoms with Crippen LogP contribution in [0.1, 0.15) is 65.4 Å². The largest absolute Gasteiger partial charge is 0.278 e. The van der Waals surface area contributed by atoms with Gasteiger partial charge in [-0.2, -0.15) is 15.3 Å². The predicted molar refractivity (Wildman–Crippen MR) is 138 cm³/mol. The van der Waals surface area contributed by atoms with Crippen LogP contribution in [0.2, 0.25) is 0 Å². The molecule has 0 saturated carbocycles. The van der Waals surface area contributed by atoms with E-state index in [4.69, 9.17) is 5.53 Å². The first-order valence-electron chi connectivity index (χ1n) is 11.2. The summed E-state index contributed by atoms with van der Waals surface area (Å²) >= 11 is 0. The predicted octanol–water partition coefficient (Wildman–Crippen LogP) is 5.65. The first-order chi connectivity index (χ1) is 16.2. The summed E-state index contributed by atoms with van der Waals surface area (Å²) in [4.78, 5) is 0.142. The van der Waals surface area contributed by atoms with Crippen LogP contribution < -0.4 is 5.43 Å². The highest BCUT2D eigenvalue weighted by atomic mass is 32.2. The molecule has 0 aliphatic rings. The van der Waals surface area contributed by atoms with Crippen molar-refractivity contribution in [2.45, 2.75) is 76.0 Å². The number of hydrogen-bond donors (Lipinski definition) is 3. The summed E-state index contributed by atoms with van der Waals surface area (Å²) in [6, 6.07) is 8.09. The zero-order valence-electron chi connectivity index (χ0n) is 21.9. The third-order valence-electron chi connectivity index (χ3n) is 5.18. The summed E-state index contributed by atoms with van der Waals surface area (Å²) < 4.78 is 27.3. The average molecular weight is 501 g/mol. The fourth-order valence-corrected chi connectivity index (χ4v) is 5.21. The lowest BCUT2D eigenvalue weighted by Crippen LogP contribution is -2.16. The number of anilines is 1. The zero-order valence-corrected chi connectivity index (χ0v) is 22.7. The maximum atomic E-state index is 12.7. The van der Waals surface area contributed by atoms with Crippen LogP contribution in [0.15, 0.2) is 50.3 Å². The van der Waals surface area contributed by atoms with E-state index in [2.05, 4.69) is 58.6 Å². The Kier molecular flexibility index (Phi) is 8.38. The van der Waals surface area contributed by atoms with E-state index in [-0.39, 0.29) is 21.0 Å². The molecule has 11 heteroatoms. The molecular weight excluding hydrogens is 464 g/mol. The monoisotopic (exact) mass is 500 g/mol. The number of H-pyrrole nitrogens is 1. The van der Waals surface area contributed by atoms with Gasteiger partial charge < -0.3 is 0 Å². The Morgan fingerprint density at radius 2 is 1.69 bits per heavy atom. The second-order valence-electron chi connectivity index (χ2n) is 10.1. The van der Waals surface area contributed by atoms with Crippen LogP contribution in [0.4, 0.5) is 11.6 Å². The molecule has 2 aromatic heterocycles. The van der Waals surface area contributed by atoms with Crippen LogP contribution in [0.5, 0.6) is 0 Å². The fraction of sp³-hybridized carbons (Fsp3) is 0.458. The Morgan fingerprint density at radius 1 is 1.09 bits per heavy atom. The number of hydrazone groups is 1. The van der Waals surface area contributed by atoms with Crippen LogP contribution >= 0.6 is 0 Å². The maximum Gasteiger partial charge on any atom is 0.214 e. The van der Waals surface area contributed by atoms with E-state index in [1.54, 1.807) is 24.4 Å². The molecule has 0 saturated heterocycles. The molecule has 0 spiro atoms. The van der Waals surface area contributed by atoms with Gasteiger partial charge in [0.15, 0.2) is 0 Å². The van der Waals surface area contributed by atoms with Gasteiger partial charge in [0.25, 0.3) is 0 Å². The summed E-state index contributed by atoms with van der Waals surface area (Å²) in [5, 5.41) is 18.3. The number of nitrogens with one attached hydrogen (secondary N) is 3. The lowest BCUT2D eigenvalue weighted by Gasteiger charge is -2.18. The molecule has 0 aliphatic carbocycles. The molecule has 35 heavy (non-hydrogen) atoms. The van der Waals surface area contributed by atoms with E-state index in [1.807, 2.05) is 39.4 Å². The molecule has 0 unspecified atom stereocenters. The topological polar surface area (TPSA) is 141 Å². The van der Waals surface area contributed by atoms with Crippen LogP contribution in [0.3, 0.4) is 0 Å². The van der Waals surface area contributed by atoms with Crippen molar-refractivity contribution in [2.75, 3.05) is 5.43 Å². The number of hydrogen-bond acceptors (Lipinski definition) is 8. The molecule has 0 fully saturated rings. The van der Waals surface area contributed by atoms with Crippen molar-refractivity contribution < 1.29 is 8.42 Å². The minimum Gasteiger partial charge on any atom is -0.278 e. The molecular formula is C24H36N8O2S. The van der Waals surface area contributed by atoms with Crippen LogP contribution in [0.25, 0.3) is 0 Å². The molecule has 1 aromatic carbocycles. The number of aromatic amines is 1. The number of aromatic nitrogens is 4. The molecule has 3 N–H and O–H groups in total. The normalized spacial score (nSPS) is 12.4. The van der Waals surface area contributed by atoms with E-state index < -0.39 is 15.3 Å². The summed E-state index contributed by atoms with van der Waals surface area (Å²) in [7, 11) is -1.83. The third-order valence-corrected chi connectivity index (χ3v) is 6.99. The van der Waals surface area contributed by atoms with Crippen molar-refractivity contribution in [1.82, 2.24) is 20.0 Å². The summed E-state index contributed by atoms with van der Waals surface area (Å²) in [5.74, 6) is 0.844. The molecule has 2 heterocycles. The average Bonchev–Trinajstić information content (AvgIpc) is 3.35. The van der Waals surface area contributed by atoms with Gasteiger partial charge in [0.05, 0.1) is 16.3 Å². The van der Waals surface area contributed by atoms with E-state index >= 15 is 0 Å². The SMILES string of the molecule is C/C=N/Nc1c(C)c(C(C)(C)C)nn1C.CC(C)(C)c1[nH]nc(N=N)c1S(=O)(=O)c1ccccc1. The second kappa shape index (κ2) is 10.5. The molecule has 0 atom stereocenters. The van der Waals surface area contributed by atoms with Gasteiger partial charge in [-0.25, -0.2) is 13.9 Å². The van der Waals surface area contributed by atoms with Crippen molar-refractivity contribution in [3.8, 4) is 0 Å². The van der Waals surface area contributed by atoms with Crippen LogP contribution in [0, 0.1) is 12.5 Å². The lowest BCUT2D eigenvalue weighted by atomic mass is 9.90. The van der Waals surface area contributed by atoms with E-state index in [0.717, 1.165) is 17.1 Å². The maximum absolute atomic E-state index is 12.7. The van der Waals surface area contributed by atoms with Gasteiger partial charge in [-0.05, 0) is 26.0 Å². The number of aryl methyl sites for hydroxylation is 1. The number of benzene rings is 1. The van der Waals surface area contributed by atoms with Crippen LogP contribution in [-0.4, -0.2) is 34.6 Å². The molecule has 3 aromatic rings. The molecule has 0 amide bonds. The standard InChI is InChI=1S/C13H16N4O2S.C11H20N4/c1-13(2,3)11-10(12(15-14)17-16-11)20(18,19)9-7-5-4-6-8-9;1-7-12-13-10-8(2)9(11(3,4)5)14-15(10)6/h4-8,14H,1-3H3,(H,16,17);7,13H,1-6H3/b;12-7+. The molecule has 10 nitrogen and oxygen atoms in total. The Labute approximate surface area is 207 Å². The molecule has 0 radical (unpaired) electrons. The quantitative estimate of drug-likeness (QED) is 0.236. The summed E-state index contributed by atoms with van der Waals surface area (Å²) in [6.07, 6.45) is 1.73. The Bertz CT molecular complexity index is 1290. The minimum atomic E-state index is -3.76. The minimum absolute atomic E-state index is 0.0220. The van der Waals surface area contributed by atoms with Crippen LogP contribution in [-0.2, 0) is 27.7 Å². The van der Waals surface area contributed by atoms with Crippen molar-refractivity contribution in [1.29, 1.82) is 5.53 Å². The first-order valence-corrected chi connectivity index (χ1v) is 12.7. The fourth-order valence-electron chi connectivity index (χ4n) is 3.50. The van der Waals surface area contributed by atoms with Gasteiger partial charge in [0.2, 0.25) is 15.7 Å². The Balaban J connectivity index is 0.000000258. The van der Waals surface area contributed by atoms with E-state index in [9.17, 15) is 8.42 Å². The van der Waals surface area contributed by atoms with E-state index in [1.165, 1.54) is 12.1 Å². The number of sulfone groups is 1. The van der Waals surface area contributed by atoms with Crippen molar-refractivity contribution >= 4 is 27.7 Å². The highest BCUT2D eigenvalue weighted by Gasteiger charge is 2.33. The van der Waals surface area contributed by atoms with Gasteiger partial charge >= 0.3 is 0 Å². The smallest absolute Gasteiger partial charge is 0.214 e. The molecule has 3 rings (SSSR count). The van der Waals surface area contributed by atoms with Crippen molar-refractivity contribution in [3.63, 3.8) is 0 Å². The number of rotatable bonds is 5. The van der Waals surface area contributed by atoms with Gasteiger partial charge in [0, 0.05) is 29.7 Å². The lowest BCUT2D eigenvalue weighted by molar-refractivity contribution is 0.546. The second-order valence-corrected chi connectivity index (χ2v) is 12.0. The molecule has 190 valence electrons. The van der Waals surface area contributed by atoms with Gasteiger partial charge in [0.1, 0.15) is 10.7 Å². The Hall–Kier alpha value is -3.34. The third kappa shape index (κ3) is 6.21. The van der Waals surface area contributed by atoms with E-state index in [0.29, 0.717) is 5.69 Å². The highest BCUT2D eigenvalue weighted by molar-refractivity contribution is 7.91. The first kappa shape index (κ1) is 27.9. The zero-order chi connectivity index (χ0) is 26.6.